The molecule has 0 aromatic carbocycles. The second kappa shape index (κ2) is 48.4. The number of unbranched alkanes of at least 4 members (excludes halogenated alkanes) is 36. The SMILES string of the molecule is CCCCCCCCCCCCCCCCCCCCCCCCCC(=O)OC(CCCCCCCCCCCCC)CCCCCCCC(=O)NC(CCCN)C(=O)O. The number of aliphatic carboxylic acids is 1. The molecule has 2 unspecified atom stereocenters. The van der Waals surface area contributed by atoms with Crippen LogP contribution in [0.15, 0.2) is 0 Å². The van der Waals surface area contributed by atoms with Gasteiger partial charge in [0.25, 0.3) is 0 Å². The normalized spacial score (nSPS) is 12.4. The van der Waals surface area contributed by atoms with E-state index in [-0.39, 0.29) is 18.0 Å². The number of hydrogen-bond acceptors (Lipinski definition) is 5. The minimum atomic E-state index is -0.999. The van der Waals surface area contributed by atoms with Crippen molar-refractivity contribution in [2.45, 2.75) is 315 Å². The maximum absolute atomic E-state index is 12.9. The van der Waals surface area contributed by atoms with Gasteiger partial charge in [0.2, 0.25) is 5.91 Å². The van der Waals surface area contributed by atoms with Crippen molar-refractivity contribution in [3.8, 4) is 0 Å². The number of carbonyl (C=O) groups is 3. The van der Waals surface area contributed by atoms with Crippen molar-refractivity contribution in [2.24, 2.45) is 5.73 Å². The zero-order chi connectivity index (χ0) is 43.8. The van der Waals surface area contributed by atoms with Crippen LogP contribution in [0, 0.1) is 0 Å². The van der Waals surface area contributed by atoms with Crippen molar-refractivity contribution in [3.63, 3.8) is 0 Å². The molecule has 0 saturated heterocycles. The Kier molecular flexibility index (Phi) is 47.1. The first-order chi connectivity index (χ1) is 29.4. The molecule has 0 fully saturated rings. The topological polar surface area (TPSA) is 119 Å². The van der Waals surface area contributed by atoms with E-state index in [1.54, 1.807) is 0 Å². The van der Waals surface area contributed by atoms with Crippen LogP contribution in [0.4, 0.5) is 0 Å². The van der Waals surface area contributed by atoms with E-state index in [2.05, 4.69) is 19.2 Å². The highest BCUT2D eigenvalue weighted by Gasteiger charge is 2.19. The van der Waals surface area contributed by atoms with E-state index in [9.17, 15) is 19.5 Å². The summed E-state index contributed by atoms with van der Waals surface area (Å²) < 4.78 is 6.09. The first kappa shape index (κ1) is 58.4. The van der Waals surface area contributed by atoms with Crippen LogP contribution in [0.1, 0.15) is 303 Å². The highest BCUT2D eigenvalue weighted by Crippen LogP contribution is 2.20. The third-order valence-electron chi connectivity index (χ3n) is 12.7. The summed E-state index contributed by atoms with van der Waals surface area (Å²) in [6.45, 7) is 4.98. The Hall–Kier alpha value is -1.63. The molecule has 7 heteroatoms. The number of hydrogen-bond donors (Lipinski definition) is 3. The zero-order valence-electron chi connectivity index (χ0n) is 40.3. The number of nitrogens with two attached hydrogens (primary N) is 1. The van der Waals surface area contributed by atoms with Crippen molar-refractivity contribution < 1.29 is 24.2 Å². The minimum Gasteiger partial charge on any atom is -0.480 e. The van der Waals surface area contributed by atoms with Gasteiger partial charge in [0.15, 0.2) is 0 Å². The third-order valence-corrected chi connectivity index (χ3v) is 12.7. The summed E-state index contributed by atoms with van der Waals surface area (Å²) in [6, 6.07) is -0.853. The molecule has 0 saturated carbocycles. The molecule has 0 spiro atoms. The molecule has 0 radical (unpaired) electrons. The molecular formula is C53H104N2O5. The molecule has 1 amide bonds. The standard InChI is InChI=1S/C53H104N2O5/c1-3-5-7-9-11-13-15-16-17-18-19-20-21-22-23-24-25-26-28-30-32-37-41-47-52(57)60-49(43-38-34-31-29-27-14-12-10-8-6-4-2)44-39-35-33-36-40-46-51(56)55-50(53(58)59)45-42-48-54/h49-50H,3-48,54H2,1-2H3,(H,55,56)(H,58,59). The molecule has 2 atom stereocenters. The number of ether oxygens (including phenoxy) is 1. The van der Waals surface area contributed by atoms with E-state index >= 15 is 0 Å². The third kappa shape index (κ3) is 44.4. The smallest absolute Gasteiger partial charge is 0.326 e. The van der Waals surface area contributed by atoms with Crippen molar-refractivity contribution in [2.75, 3.05) is 6.54 Å². The van der Waals surface area contributed by atoms with Gasteiger partial charge in [-0.15, -0.1) is 0 Å². The molecule has 7 nitrogen and oxygen atoms in total. The van der Waals surface area contributed by atoms with Crippen LogP contribution in [-0.4, -0.2) is 41.6 Å². The fourth-order valence-corrected chi connectivity index (χ4v) is 8.63. The Labute approximate surface area is 373 Å². The average molecular weight is 849 g/mol. The fourth-order valence-electron chi connectivity index (χ4n) is 8.63. The van der Waals surface area contributed by atoms with Crippen LogP contribution in [0.2, 0.25) is 0 Å². The molecule has 4 N–H and O–H groups in total. The Bertz CT molecular complexity index is 914. The fraction of sp³-hybridized carbons (Fsp3) is 0.943. The molecule has 0 aliphatic heterocycles. The highest BCUT2D eigenvalue weighted by molar-refractivity contribution is 5.83. The maximum Gasteiger partial charge on any atom is 0.326 e. The number of carbonyl (C=O) groups excluding carboxylic acids is 2. The van der Waals surface area contributed by atoms with Gasteiger partial charge in [-0.2, -0.15) is 0 Å². The summed E-state index contributed by atoms with van der Waals surface area (Å²) in [5.74, 6) is -1.20. The number of nitrogens with one attached hydrogen (secondary N) is 1. The lowest BCUT2D eigenvalue weighted by molar-refractivity contribution is -0.150. The Morgan fingerprint density at radius 1 is 0.417 bits per heavy atom. The predicted octanol–water partition coefficient (Wildman–Crippen LogP) is 16.0. The molecule has 0 rings (SSSR count). The molecule has 0 aliphatic rings. The molecule has 0 aromatic heterocycles. The van der Waals surface area contributed by atoms with Crippen molar-refractivity contribution in [1.82, 2.24) is 5.32 Å². The Balaban J connectivity index is 4.08. The predicted molar refractivity (Wildman–Crippen MR) is 258 cm³/mol. The van der Waals surface area contributed by atoms with Gasteiger partial charge >= 0.3 is 11.9 Å². The first-order valence-electron chi connectivity index (χ1n) is 26.9. The van der Waals surface area contributed by atoms with Crippen molar-refractivity contribution in [3.05, 3.63) is 0 Å². The first-order valence-corrected chi connectivity index (χ1v) is 26.9. The van der Waals surface area contributed by atoms with E-state index in [0.717, 1.165) is 64.2 Å². The lowest BCUT2D eigenvalue weighted by Crippen LogP contribution is -2.40. The second-order valence-electron chi connectivity index (χ2n) is 18.7. The highest BCUT2D eigenvalue weighted by atomic mass is 16.5. The lowest BCUT2D eigenvalue weighted by Gasteiger charge is -2.18. The summed E-state index contributed by atoms with van der Waals surface area (Å²) in [5.41, 5.74) is 5.50. The quantitative estimate of drug-likeness (QED) is 0.0414. The summed E-state index contributed by atoms with van der Waals surface area (Å²) >= 11 is 0. The largest absolute Gasteiger partial charge is 0.480 e. The Morgan fingerprint density at radius 2 is 0.717 bits per heavy atom. The van der Waals surface area contributed by atoms with Gasteiger partial charge in [0.1, 0.15) is 12.1 Å². The van der Waals surface area contributed by atoms with Crippen LogP contribution in [0.3, 0.4) is 0 Å². The van der Waals surface area contributed by atoms with Gasteiger partial charge in [-0.1, -0.05) is 239 Å². The number of carboxylic acids is 1. The van der Waals surface area contributed by atoms with Crippen LogP contribution >= 0.6 is 0 Å². The van der Waals surface area contributed by atoms with Crippen molar-refractivity contribution >= 4 is 17.8 Å². The maximum atomic E-state index is 12.9. The molecule has 0 heterocycles. The second-order valence-corrected chi connectivity index (χ2v) is 18.7. The molecule has 0 bridgehead atoms. The van der Waals surface area contributed by atoms with E-state index in [1.807, 2.05) is 0 Å². The molecule has 60 heavy (non-hydrogen) atoms. The number of carboxylic acid groups (broad SMARTS) is 1. The van der Waals surface area contributed by atoms with Crippen LogP contribution in [0.5, 0.6) is 0 Å². The summed E-state index contributed by atoms with van der Waals surface area (Å²) in [7, 11) is 0. The van der Waals surface area contributed by atoms with Crippen LogP contribution in [0.25, 0.3) is 0 Å². The van der Waals surface area contributed by atoms with Gasteiger partial charge < -0.3 is 20.9 Å². The van der Waals surface area contributed by atoms with Gasteiger partial charge in [-0.25, -0.2) is 4.79 Å². The van der Waals surface area contributed by atoms with Gasteiger partial charge in [-0.3, -0.25) is 9.59 Å². The molecule has 0 aromatic rings. The minimum absolute atomic E-state index is 0.0105. The van der Waals surface area contributed by atoms with Crippen LogP contribution in [-0.2, 0) is 19.1 Å². The van der Waals surface area contributed by atoms with E-state index in [1.165, 1.54) is 199 Å². The average Bonchev–Trinajstić information content (AvgIpc) is 3.23. The molecular weight excluding hydrogens is 745 g/mol. The van der Waals surface area contributed by atoms with Crippen LogP contribution < -0.4 is 11.1 Å². The number of rotatable bonds is 50. The van der Waals surface area contributed by atoms with Gasteiger partial charge in [0, 0.05) is 12.8 Å². The lowest BCUT2D eigenvalue weighted by atomic mass is 10.0. The summed E-state index contributed by atoms with van der Waals surface area (Å²) in [5, 5.41) is 12.0. The number of esters is 1. The van der Waals surface area contributed by atoms with Gasteiger partial charge in [0.05, 0.1) is 0 Å². The van der Waals surface area contributed by atoms with E-state index in [0.29, 0.717) is 32.2 Å². The van der Waals surface area contributed by atoms with E-state index in [4.69, 9.17) is 10.5 Å². The van der Waals surface area contributed by atoms with Crippen molar-refractivity contribution in [1.29, 1.82) is 0 Å². The molecule has 356 valence electrons. The number of amides is 1. The Morgan fingerprint density at radius 3 is 1.03 bits per heavy atom. The van der Waals surface area contributed by atoms with Gasteiger partial charge in [-0.05, 0) is 57.9 Å². The van der Waals surface area contributed by atoms with E-state index < -0.39 is 12.0 Å². The summed E-state index contributed by atoms with van der Waals surface area (Å²) in [6.07, 6.45) is 54.6. The zero-order valence-corrected chi connectivity index (χ0v) is 40.3. The molecule has 0 aliphatic carbocycles. The summed E-state index contributed by atoms with van der Waals surface area (Å²) in [4.78, 5) is 36.5. The monoisotopic (exact) mass is 849 g/mol.